The molecular weight excluding hydrogens is 346 g/mol. The highest BCUT2D eigenvalue weighted by Gasteiger charge is 2.30. The van der Waals surface area contributed by atoms with E-state index in [-0.39, 0.29) is 11.9 Å². The Morgan fingerprint density at radius 2 is 1.92 bits per heavy atom. The molecule has 0 bridgehead atoms. The minimum Gasteiger partial charge on any atom is -0.492 e. The van der Waals surface area contributed by atoms with Crippen molar-refractivity contribution in [2.75, 3.05) is 13.1 Å². The van der Waals surface area contributed by atoms with Crippen LogP contribution in [0, 0.1) is 18.6 Å². The van der Waals surface area contributed by atoms with Gasteiger partial charge in [0.15, 0.2) is 11.6 Å². The number of nitrogens with zero attached hydrogens (tertiary/aromatic N) is 4. The summed E-state index contributed by atoms with van der Waals surface area (Å²) >= 11 is 1.33. The van der Waals surface area contributed by atoms with Crippen LogP contribution in [-0.4, -0.2) is 37.7 Å². The maximum atomic E-state index is 13.8. The Bertz CT molecular complexity index is 917. The summed E-state index contributed by atoms with van der Waals surface area (Å²) in [5, 5.41) is 14.9. The summed E-state index contributed by atoms with van der Waals surface area (Å²) < 4.78 is 28.6. The maximum Gasteiger partial charge on any atom is 0.230 e. The quantitative estimate of drug-likeness (QED) is 0.771. The molecule has 3 aromatic rings. The number of likely N-dealkylation sites (tertiary alicyclic amines) is 1. The Morgan fingerprint density at radius 1 is 1.16 bits per heavy atom. The Hall–Kier alpha value is -2.06. The van der Waals surface area contributed by atoms with Gasteiger partial charge in [-0.2, -0.15) is 4.52 Å². The van der Waals surface area contributed by atoms with Crippen molar-refractivity contribution in [3.05, 3.63) is 46.1 Å². The Morgan fingerprint density at radius 3 is 2.60 bits per heavy atom. The number of aromatic hydroxyl groups is 1. The van der Waals surface area contributed by atoms with Gasteiger partial charge >= 0.3 is 0 Å². The average Bonchev–Trinajstić information content (AvgIpc) is 3.10. The lowest BCUT2D eigenvalue weighted by Gasteiger charge is -2.34. The predicted octanol–water partition coefficient (Wildman–Crippen LogP) is 3.66. The summed E-state index contributed by atoms with van der Waals surface area (Å²) in [6, 6.07) is 3.59. The van der Waals surface area contributed by atoms with Crippen LogP contribution in [0.5, 0.6) is 5.88 Å². The first-order chi connectivity index (χ1) is 12.0. The zero-order valence-electron chi connectivity index (χ0n) is 13.7. The van der Waals surface area contributed by atoms with Crippen molar-refractivity contribution in [1.82, 2.24) is 19.5 Å². The number of halogens is 2. The van der Waals surface area contributed by atoms with Crippen LogP contribution in [-0.2, 0) is 0 Å². The first kappa shape index (κ1) is 16.4. The van der Waals surface area contributed by atoms with E-state index in [1.54, 1.807) is 13.0 Å². The molecule has 8 heteroatoms. The Balaban J connectivity index is 1.84. The molecule has 25 heavy (non-hydrogen) atoms. The van der Waals surface area contributed by atoms with Gasteiger partial charge in [0, 0.05) is 0 Å². The van der Waals surface area contributed by atoms with Crippen LogP contribution in [0.4, 0.5) is 8.78 Å². The van der Waals surface area contributed by atoms with Gasteiger partial charge in [0.1, 0.15) is 5.82 Å². The van der Waals surface area contributed by atoms with Gasteiger partial charge in [0.05, 0.1) is 10.9 Å². The minimum absolute atomic E-state index is 0.0147. The van der Waals surface area contributed by atoms with Gasteiger partial charge in [-0.1, -0.05) is 23.8 Å². The zero-order chi connectivity index (χ0) is 17.6. The van der Waals surface area contributed by atoms with Crippen LogP contribution in [0.3, 0.4) is 0 Å². The smallest absolute Gasteiger partial charge is 0.230 e. The third kappa shape index (κ3) is 2.89. The monoisotopic (exact) mass is 364 g/mol. The molecule has 1 aliphatic heterocycles. The van der Waals surface area contributed by atoms with Gasteiger partial charge in [-0.05, 0) is 50.6 Å². The van der Waals surface area contributed by atoms with Gasteiger partial charge in [-0.15, -0.1) is 5.10 Å². The molecular formula is C17H18F2N4OS. The number of hydrogen-bond donors (Lipinski definition) is 1. The van der Waals surface area contributed by atoms with E-state index in [1.807, 2.05) is 0 Å². The van der Waals surface area contributed by atoms with Crippen molar-refractivity contribution >= 4 is 16.3 Å². The predicted molar refractivity (Wildman–Crippen MR) is 90.9 cm³/mol. The molecule has 0 spiro atoms. The minimum atomic E-state index is -0.880. The number of hydrogen-bond acceptors (Lipinski definition) is 5. The molecule has 0 unspecified atom stereocenters. The highest BCUT2D eigenvalue weighted by molar-refractivity contribution is 7.17. The third-order valence-corrected chi connectivity index (χ3v) is 5.64. The van der Waals surface area contributed by atoms with Crippen molar-refractivity contribution in [2.45, 2.75) is 32.2 Å². The van der Waals surface area contributed by atoms with E-state index in [9.17, 15) is 13.9 Å². The lowest BCUT2D eigenvalue weighted by atomic mass is 10.00. The van der Waals surface area contributed by atoms with Crippen molar-refractivity contribution in [3.63, 3.8) is 0 Å². The largest absolute Gasteiger partial charge is 0.492 e. The Labute approximate surface area is 147 Å². The van der Waals surface area contributed by atoms with Crippen LogP contribution < -0.4 is 0 Å². The van der Waals surface area contributed by atoms with E-state index >= 15 is 0 Å². The summed E-state index contributed by atoms with van der Waals surface area (Å²) in [6.07, 6.45) is 3.24. The van der Waals surface area contributed by atoms with Crippen LogP contribution >= 0.6 is 11.3 Å². The summed E-state index contributed by atoms with van der Waals surface area (Å²) in [5.74, 6) is -1.16. The fourth-order valence-electron chi connectivity index (χ4n) is 3.41. The highest BCUT2D eigenvalue weighted by Crippen LogP contribution is 2.41. The number of thiazole rings is 1. The topological polar surface area (TPSA) is 53.7 Å². The molecule has 1 saturated heterocycles. The molecule has 1 N–H and O–H groups in total. The van der Waals surface area contributed by atoms with E-state index in [1.165, 1.54) is 21.9 Å². The molecule has 0 saturated carbocycles. The lowest BCUT2D eigenvalue weighted by Crippen LogP contribution is -2.34. The number of fused-ring (bicyclic) bond motifs is 1. The van der Waals surface area contributed by atoms with Gasteiger partial charge in [0.2, 0.25) is 10.8 Å². The average molecular weight is 364 g/mol. The fourth-order valence-corrected chi connectivity index (χ4v) is 4.58. The molecule has 1 fully saturated rings. The molecule has 5 nitrogen and oxygen atoms in total. The van der Waals surface area contributed by atoms with E-state index in [4.69, 9.17) is 0 Å². The summed E-state index contributed by atoms with van der Waals surface area (Å²) in [6.45, 7) is 3.45. The van der Waals surface area contributed by atoms with Gasteiger partial charge in [0.25, 0.3) is 0 Å². The van der Waals surface area contributed by atoms with E-state index in [2.05, 4.69) is 15.0 Å². The van der Waals surface area contributed by atoms with Gasteiger partial charge < -0.3 is 5.11 Å². The number of rotatable bonds is 3. The first-order valence-electron chi connectivity index (χ1n) is 8.28. The fraction of sp³-hybridized carbons (Fsp3) is 0.412. The lowest BCUT2D eigenvalue weighted by molar-refractivity contribution is 0.186. The molecule has 2 aromatic heterocycles. The second kappa shape index (κ2) is 6.34. The number of piperidine rings is 1. The number of benzene rings is 1. The molecule has 1 aromatic carbocycles. The van der Waals surface area contributed by atoms with Crippen molar-refractivity contribution in [3.8, 4) is 5.88 Å². The molecule has 4 rings (SSSR count). The number of aromatic nitrogens is 3. The van der Waals surface area contributed by atoms with E-state index < -0.39 is 11.6 Å². The zero-order valence-corrected chi connectivity index (χ0v) is 14.6. The van der Waals surface area contributed by atoms with E-state index in [0.29, 0.717) is 21.2 Å². The third-order valence-electron chi connectivity index (χ3n) is 4.57. The Kier molecular flexibility index (Phi) is 4.16. The summed E-state index contributed by atoms with van der Waals surface area (Å²) in [4.78, 5) is 7.76. The maximum absolute atomic E-state index is 13.8. The van der Waals surface area contributed by atoms with Crippen molar-refractivity contribution in [2.24, 2.45) is 0 Å². The molecule has 0 amide bonds. The highest BCUT2D eigenvalue weighted by atomic mass is 32.1. The van der Waals surface area contributed by atoms with Crippen LogP contribution in [0.15, 0.2) is 18.2 Å². The molecule has 132 valence electrons. The first-order valence-corrected chi connectivity index (χ1v) is 9.10. The molecule has 1 atom stereocenters. The van der Waals surface area contributed by atoms with Crippen LogP contribution in [0.25, 0.3) is 4.96 Å². The number of aryl methyl sites for hydroxylation is 1. The van der Waals surface area contributed by atoms with Gasteiger partial charge in [-0.3, -0.25) is 4.90 Å². The second-order valence-corrected chi connectivity index (χ2v) is 7.33. The summed E-state index contributed by atoms with van der Waals surface area (Å²) in [5.41, 5.74) is 0.623. The molecule has 3 heterocycles. The molecule has 0 aliphatic carbocycles. The summed E-state index contributed by atoms with van der Waals surface area (Å²) in [7, 11) is 0. The normalized spacial score (nSPS) is 17.2. The molecule has 0 radical (unpaired) electrons. The molecule has 1 aliphatic rings. The van der Waals surface area contributed by atoms with Gasteiger partial charge in [-0.25, -0.2) is 13.8 Å². The van der Waals surface area contributed by atoms with Crippen molar-refractivity contribution < 1.29 is 13.9 Å². The standard InChI is InChI=1S/C17H18F2N4OS/c1-10-20-17-23(21-10)16(24)15(25-17)14(22-7-3-2-4-8-22)11-5-6-12(18)13(19)9-11/h5-6,9,14,24H,2-4,7-8H2,1H3/t14-/m0/s1. The van der Waals surface area contributed by atoms with Crippen LogP contribution in [0.2, 0.25) is 0 Å². The SMILES string of the molecule is Cc1nc2sc([C@H](c3ccc(F)c(F)c3)N3CCCCC3)c(O)n2n1. The van der Waals surface area contributed by atoms with Crippen molar-refractivity contribution in [1.29, 1.82) is 0 Å². The second-order valence-electron chi connectivity index (χ2n) is 6.32. The van der Waals surface area contributed by atoms with E-state index in [0.717, 1.165) is 38.4 Å². The van der Waals surface area contributed by atoms with Crippen LogP contribution in [0.1, 0.15) is 41.6 Å².